The van der Waals surface area contributed by atoms with Crippen molar-refractivity contribution in [2.45, 2.75) is 36.4 Å². The summed E-state index contributed by atoms with van der Waals surface area (Å²) in [5.74, 6) is 5.87. The van der Waals surface area contributed by atoms with Crippen LogP contribution in [0.1, 0.15) is 24.2 Å². The Morgan fingerprint density at radius 1 is 1.20 bits per heavy atom. The third kappa shape index (κ3) is 7.35. The summed E-state index contributed by atoms with van der Waals surface area (Å²) in [6.07, 6.45) is -1.71. The van der Waals surface area contributed by atoms with Gasteiger partial charge in [-0.2, -0.15) is 13.2 Å². The number of fused-ring (bicyclic) bond motifs is 1. The van der Waals surface area contributed by atoms with Crippen LogP contribution in [0.2, 0.25) is 0 Å². The van der Waals surface area contributed by atoms with Crippen LogP contribution in [0.4, 0.5) is 29.3 Å². The first-order valence-corrected chi connectivity index (χ1v) is 14.7. The first-order chi connectivity index (χ1) is 19.4. The quantitative estimate of drug-likeness (QED) is 0.360. The van der Waals surface area contributed by atoms with Gasteiger partial charge in [0.05, 0.1) is 42.0 Å². The number of nitrogens with zero attached hydrogens (tertiary/aromatic N) is 3. The van der Waals surface area contributed by atoms with E-state index in [1.165, 1.54) is 35.9 Å². The van der Waals surface area contributed by atoms with Crippen LogP contribution in [0.15, 0.2) is 41.4 Å². The molecule has 3 heterocycles. The number of nitrogens with one attached hydrogen (secondary N) is 3. The van der Waals surface area contributed by atoms with Crippen LogP contribution in [0, 0.1) is 11.8 Å². The summed E-state index contributed by atoms with van der Waals surface area (Å²) in [7, 11) is -0.451. The molecule has 10 nitrogen and oxygen atoms in total. The largest absolute Gasteiger partial charge is 0.495 e. The van der Waals surface area contributed by atoms with E-state index in [1.807, 2.05) is 0 Å². The van der Waals surface area contributed by atoms with Gasteiger partial charge in [-0.25, -0.2) is 18.2 Å². The van der Waals surface area contributed by atoms with Crippen molar-refractivity contribution in [2.24, 2.45) is 0 Å². The number of likely N-dealkylation sites (tertiary alicyclic amines) is 1. The van der Waals surface area contributed by atoms with Crippen molar-refractivity contribution in [2.75, 3.05) is 50.7 Å². The summed E-state index contributed by atoms with van der Waals surface area (Å²) in [6, 6.07) is 7.64. The van der Waals surface area contributed by atoms with Gasteiger partial charge < -0.3 is 30.0 Å². The number of pyridine rings is 1. The Kier molecular flexibility index (Phi) is 8.86. The van der Waals surface area contributed by atoms with Gasteiger partial charge in [0, 0.05) is 44.7 Å². The van der Waals surface area contributed by atoms with E-state index in [9.17, 15) is 26.4 Å². The van der Waals surface area contributed by atoms with Gasteiger partial charge in [-0.15, -0.1) is 0 Å². The van der Waals surface area contributed by atoms with Crippen LogP contribution < -0.4 is 20.7 Å². The van der Waals surface area contributed by atoms with Crippen molar-refractivity contribution in [3.63, 3.8) is 0 Å². The minimum Gasteiger partial charge on any atom is -0.495 e. The summed E-state index contributed by atoms with van der Waals surface area (Å²) < 4.78 is 70.9. The van der Waals surface area contributed by atoms with E-state index < -0.39 is 22.4 Å². The first kappa shape index (κ1) is 29.9. The Bertz CT molecular complexity index is 1590. The summed E-state index contributed by atoms with van der Waals surface area (Å²) in [5, 5.41) is 8.99. The number of sulfone groups is 1. The second-order valence-corrected chi connectivity index (χ2v) is 11.6. The maximum absolute atomic E-state index is 13.5. The Balaban J connectivity index is 1.56. The normalized spacial score (nSPS) is 14.3. The number of urea groups is 1. The highest BCUT2D eigenvalue weighted by molar-refractivity contribution is 7.90. The predicted octanol–water partition coefficient (Wildman–Crippen LogP) is 3.53. The number of hydrogen-bond acceptors (Lipinski definition) is 7. The molecule has 1 aliphatic heterocycles. The molecule has 0 bridgehead atoms. The molecule has 1 aromatic carbocycles. The number of halogens is 3. The maximum Gasteiger partial charge on any atom is 0.394 e. The van der Waals surface area contributed by atoms with Crippen molar-refractivity contribution >= 4 is 32.9 Å². The van der Waals surface area contributed by atoms with E-state index in [-0.39, 0.29) is 40.7 Å². The Labute approximate surface area is 236 Å². The number of hydrogen-bond donors (Lipinski definition) is 3. The van der Waals surface area contributed by atoms with Gasteiger partial charge in [0.2, 0.25) is 0 Å². The van der Waals surface area contributed by atoms with Gasteiger partial charge in [-0.05, 0) is 43.0 Å². The molecule has 14 heteroatoms. The standard InChI is InChI=1S/C27H31F3N6O4S/c1-31-26(37)35-14-10-18(11-15-35)33-22-7-5-13-36-23(17-27(28,29)30)20(34-25(22)36)6-4-12-32-21-9-8-19(41(3,38)39)16-24(21)40-2/h5,7-9,13,16,18,32-33H,10-12,14-15,17H2,1-3H3,(H,31,37). The van der Waals surface area contributed by atoms with Crippen LogP contribution in [-0.4, -0.2) is 81.0 Å². The van der Waals surface area contributed by atoms with Crippen molar-refractivity contribution in [3.8, 4) is 17.6 Å². The molecule has 1 fully saturated rings. The summed E-state index contributed by atoms with van der Waals surface area (Å²) in [6.45, 7) is 1.16. The number of aromatic nitrogens is 2. The van der Waals surface area contributed by atoms with Crippen LogP contribution in [-0.2, 0) is 16.3 Å². The number of amides is 2. The zero-order chi connectivity index (χ0) is 29.8. The molecule has 0 unspecified atom stereocenters. The molecular weight excluding hydrogens is 561 g/mol. The molecule has 4 rings (SSSR count). The van der Waals surface area contributed by atoms with Crippen LogP contribution in [0.25, 0.3) is 5.65 Å². The minimum atomic E-state index is -4.48. The summed E-state index contributed by atoms with van der Waals surface area (Å²) in [4.78, 5) is 18.2. The van der Waals surface area contributed by atoms with Crippen LogP contribution in [0.3, 0.4) is 0 Å². The van der Waals surface area contributed by atoms with Gasteiger partial charge in [0.15, 0.2) is 15.5 Å². The number of imidazole rings is 1. The lowest BCUT2D eigenvalue weighted by molar-refractivity contribution is -0.128. The first-order valence-electron chi connectivity index (χ1n) is 12.8. The predicted molar refractivity (Wildman–Crippen MR) is 149 cm³/mol. The van der Waals surface area contributed by atoms with E-state index in [0.717, 1.165) is 6.26 Å². The minimum absolute atomic E-state index is 0.00667. The zero-order valence-electron chi connectivity index (χ0n) is 22.8. The van der Waals surface area contributed by atoms with E-state index >= 15 is 0 Å². The van der Waals surface area contributed by atoms with Gasteiger partial charge >= 0.3 is 12.2 Å². The molecule has 2 aromatic heterocycles. The molecule has 220 valence electrons. The van der Waals surface area contributed by atoms with Crippen molar-refractivity contribution < 1.29 is 31.1 Å². The molecule has 2 amide bonds. The van der Waals surface area contributed by atoms with E-state index in [1.54, 1.807) is 24.1 Å². The molecule has 0 aliphatic carbocycles. The lowest BCUT2D eigenvalue weighted by atomic mass is 10.1. The van der Waals surface area contributed by atoms with Crippen molar-refractivity contribution in [3.05, 3.63) is 47.9 Å². The van der Waals surface area contributed by atoms with E-state index in [2.05, 4.69) is 32.8 Å². The highest BCUT2D eigenvalue weighted by Gasteiger charge is 2.32. The molecule has 1 saturated heterocycles. The monoisotopic (exact) mass is 592 g/mol. The van der Waals surface area contributed by atoms with E-state index in [0.29, 0.717) is 43.0 Å². The lowest BCUT2D eigenvalue weighted by Crippen LogP contribution is -2.45. The van der Waals surface area contributed by atoms with Crippen LogP contribution >= 0.6 is 0 Å². The van der Waals surface area contributed by atoms with E-state index in [4.69, 9.17) is 4.74 Å². The van der Waals surface area contributed by atoms with Crippen molar-refractivity contribution in [1.29, 1.82) is 0 Å². The molecule has 0 saturated carbocycles. The Morgan fingerprint density at radius 2 is 1.93 bits per heavy atom. The molecule has 0 spiro atoms. The van der Waals surface area contributed by atoms with Crippen molar-refractivity contribution in [1.82, 2.24) is 19.6 Å². The third-order valence-corrected chi connectivity index (χ3v) is 7.76. The number of rotatable bonds is 7. The molecule has 0 radical (unpaired) electrons. The lowest BCUT2D eigenvalue weighted by Gasteiger charge is -2.32. The zero-order valence-corrected chi connectivity index (χ0v) is 23.6. The number of anilines is 2. The molecule has 3 N–H and O–H groups in total. The average Bonchev–Trinajstić information content (AvgIpc) is 3.27. The second kappa shape index (κ2) is 12.2. The number of benzene rings is 1. The molecule has 41 heavy (non-hydrogen) atoms. The van der Waals surface area contributed by atoms with Gasteiger partial charge in [-0.3, -0.25) is 0 Å². The molecule has 3 aromatic rings. The summed E-state index contributed by atoms with van der Waals surface area (Å²) in [5.41, 5.74) is 1.32. The van der Waals surface area contributed by atoms with Gasteiger partial charge in [0.25, 0.3) is 0 Å². The second-order valence-electron chi connectivity index (χ2n) is 9.56. The fourth-order valence-electron chi connectivity index (χ4n) is 4.61. The molecular formula is C27H31F3N6O4S. The number of piperidine rings is 1. The SMILES string of the molecule is CNC(=O)N1CCC(Nc2cccn3c(CC(F)(F)F)c(C#CCNc4ccc(S(C)(=O)=O)cc4OC)nc23)CC1. The maximum atomic E-state index is 13.5. The summed E-state index contributed by atoms with van der Waals surface area (Å²) >= 11 is 0. The Morgan fingerprint density at radius 3 is 2.56 bits per heavy atom. The topological polar surface area (TPSA) is 117 Å². The number of methoxy groups -OCH3 is 1. The van der Waals surface area contributed by atoms with Gasteiger partial charge in [-0.1, -0.05) is 5.92 Å². The Hall–Kier alpha value is -4.12. The van der Waals surface area contributed by atoms with Gasteiger partial charge in [0.1, 0.15) is 11.4 Å². The molecule has 1 aliphatic rings. The third-order valence-electron chi connectivity index (χ3n) is 6.65. The average molecular weight is 593 g/mol. The highest BCUT2D eigenvalue weighted by atomic mass is 32.2. The highest BCUT2D eigenvalue weighted by Crippen LogP contribution is 2.29. The number of alkyl halides is 3. The van der Waals surface area contributed by atoms with Crippen LogP contribution in [0.5, 0.6) is 5.75 Å². The number of carbonyl (C=O) groups is 1. The number of carbonyl (C=O) groups excluding carboxylic acids is 1. The molecule has 0 atom stereocenters. The smallest absolute Gasteiger partial charge is 0.394 e. The number of ether oxygens (including phenoxy) is 1. The fraction of sp³-hybridized carbons (Fsp3) is 0.407. The fourth-order valence-corrected chi connectivity index (χ4v) is 5.25.